The van der Waals surface area contributed by atoms with Crippen LogP contribution in [0.5, 0.6) is 0 Å². The van der Waals surface area contributed by atoms with Crippen LogP contribution in [-0.4, -0.2) is 14.4 Å². The van der Waals surface area contributed by atoms with Crippen molar-refractivity contribution >= 4 is 17.4 Å². The number of aromatic nitrogens is 3. The van der Waals surface area contributed by atoms with Crippen LogP contribution in [0.2, 0.25) is 5.15 Å². The summed E-state index contributed by atoms with van der Waals surface area (Å²) in [6.45, 7) is 0. The van der Waals surface area contributed by atoms with E-state index in [9.17, 15) is 13.2 Å². The number of halogens is 4. The predicted molar refractivity (Wildman–Crippen MR) is 43.0 cm³/mol. The first-order valence-electron chi connectivity index (χ1n) is 3.55. The fourth-order valence-corrected chi connectivity index (χ4v) is 1.25. The summed E-state index contributed by atoms with van der Waals surface area (Å²) in [5.74, 6) is -0.0650. The van der Waals surface area contributed by atoms with Crippen molar-refractivity contribution in [1.82, 2.24) is 14.4 Å². The number of nitrogens with zero attached hydrogens (tertiary/aromatic N) is 3. The van der Waals surface area contributed by atoms with Crippen molar-refractivity contribution in [3.05, 3.63) is 29.3 Å². The lowest BCUT2D eigenvalue weighted by molar-refractivity contribution is -0.141. The largest absolute Gasteiger partial charge is 0.433 e. The third-order valence-corrected chi connectivity index (χ3v) is 1.91. The van der Waals surface area contributed by atoms with Crippen LogP contribution in [-0.2, 0) is 6.18 Å². The van der Waals surface area contributed by atoms with Crippen LogP contribution in [0, 0.1) is 0 Å². The van der Waals surface area contributed by atoms with Crippen LogP contribution in [0.3, 0.4) is 0 Å². The lowest BCUT2D eigenvalue weighted by atomic mass is 10.4. The Labute approximate surface area is 81.2 Å². The number of fused-ring (bicyclic) bond motifs is 1. The molecule has 0 bridgehead atoms. The topological polar surface area (TPSA) is 30.2 Å². The minimum atomic E-state index is -4.50. The van der Waals surface area contributed by atoms with Gasteiger partial charge in [0.1, 0.15) is 5.15 Å². The van der Waals surface area contributed by atoms with Crippen LogP contribution < -0.4 is 0 Å². The maximum atomic E-state index is 12.2. The Hall–Kier alpha value is -1.30. The second-order valence-corrected chi connectivity index (χ2v) is 2.95. The third kappa shape index (κ3) is 1.41. The normalized spacial score (nSPS) is 12.3. The Balaban J connectivity index is 2.70. The number of hydrogen-bond donors (Lipinski definition) is 0. The Bertz CT molecular complexity index is 476. The molecule has 0 aliphatic rings. The van der Waals surface area contributed by atoms with Gasteiger partial charge in [0.2, 0.25) is 5.78 Å². The van der Waals surface area contributed by atoms with Crippen molar-refractivity contribution in [2.45, 2.75) is 6.18 Å². The molecule has 0 N–H and O–H groups in total. The molecule has 0 radical (unpaired) electrons. The first-order valence-corrected chi connectivity index (χ1v) is 3.93. The first-order chi connectivity index (χ1) is 6.48. The van der Waals surface area contributed by atoms with Crippen molar-refractivity contribution in [1.29, 1.82) is 0 Å². The number of rotatable bonds is 0. The van der Waals surface area contributed by atoms with E-state index in [0.29, 0.717) is 0 Å². The molecule has 2 aromatic heterocycles. The van der Waals surface area contributed by atoms with Gasteiger partial charge in [-0.25, -0.2) is 9.97 Å². The van der Waals surface area contributed by atoms with Gasteiger partial charge in [-0.15, -0.1) is 0 Å². The molecule has 0 unspecified atom stereocenters. The van der Waals surface area contributed by atoms with Crippen molar-refractivity contribution < 1.29 is 13.2 Å². The van der Waals surface area contributed by atoms with E-state index < -0.39 is 11.9 Å². The highest BCUT2D eigenvalue weighted by atomic mass is 35.5. The molecule has 0 aromatic carbocycles. The molecule has 14 heavy (non-hydrogen) atoms. The highest BCUT2D eigenvalue weighted by Crippen LogP contribution is 2.29. The molecule has 2 rings (SSSR count). The second kappa shape index (κ2) is 2.84. The summed E-state index contributed by atoms with van der Waals surface area (Å²) in [6.07, 6.45) is -1.74. The van der Waals surface area contributed by atoms with Crippen LogP contribution >= 0.6 is 11.6 Å². The number of hydrogen-bond acceptors (Lipinski definition) is 2. The highest BCUT2D eigenvalue weighted by Gasteiger charge is 2.33. The summed E-state index contributed by atoms with van der Waals surface area (Å²) in [4.78, 5) is 6.93. The van der Waals surface area contributed by atoms with Gasteiger partial charge in [-0.2, -0.15) is 13.2 Å². The zero-order valence-corrected chi connectivity index (χ0v) is 7.34. The van der Waals surface area contributed by atoms with E-state index >= 15 is 0 Å². The summed E-state index contributed by atoms with van der Waals surface area (Å²) in [5.41, 5.74) is -1.04. The van der Waals surface area contributed by atoms with Crippen LogP contribution in [0.4, 0.5) is 13.2 Å². The Morgan fingerprint density at radius 3 is 2.71 bits per heavy atom. The summed E-state index contributed by atoms with van der Waals surface area (Å²) < 4.78 is 38.0. The number of alkyl halides is 3. The van der Waals surface area contributed by atoms with Crippen molar-refractivity contribution in [2.75, 3.05) is 0 Å². The molecule has 74 valence electrons. The molecule has 0 saturated carbocycles. The lowest BCUT2D eigenvalue weighted by Crippen LogP contribution is -2.09. The summed E-state index contributed by atoms with van der Waals surface area (Å²) in [6, 6.07) is 0.760. The molecule has 7 heteroatoms. The number of imidazole rings is 1. The monoisotopic (exact) mass is 221 g/mol. The summed E-state index contributed by atoms with van der Waals surface area (Å²) in [7, 11) is 0. The molecule has 2 aromatic rings. The maximum Gasteiger partial charge on any atom is 0.433 e. The van der Waals surface area contributed by atoms with Gasteiger partial charge in [0.15, 0.2) is 5.69 Å². The summed E-state index contributed by atoms with van der Waals surface area (Å²) in [5, 5.41) is -0.0696. The molecular weight excluding hydrogens is 219 g/mol. The molecule has 2 heterocycles. The van der Waals surface area contributed by atoms with Gasteiger partial charge >= 0.3 is 6.18 Å². The quantitative estimate of drug-likeness (QED) is 0.640. The average Bonchev–Trinajstić information content (AvgIpc) is 2.50. The molecule has 0 fully saturated rings. The van der Waals surface area contributed by atoms with E-state index in [4.69, 9.17) is 11.6 Å². The average molecular weight is 222 g/mol. The Morgan fingerprint density at radius 1 is 1.36 bits per heavy atom. The molecule has 0 atom stereocenters. The molecular formula is C7H3ClF3N3. The fourth-order valence-electron chi connectivity index (χ4n) is 1.01. The molecule has 0 saturated heterocycles. The van der Waals surface area contributed by atoms with Crippen molar-refractivity contribution in [3.63, 3.8) is 0 Å². The smallest absolute Gasteiger partial charge is 0.274 e. The van der Waals surface area contributed by atoms with Crippen LogP contribution in [0.1, 0.15) is 5.69 Å². The van der Waals surface area contributed by atoms with E-state index in [0.717, 1.165) is 6.07 Å². The van der Waals surface area contributed by atoms with Crippen molar-refractivity contribution in [3.8, 4) is 0 Å². The minimum Gasteiger partial charge on any atom is -0.274 e. The predicted octanol–water partition coefficient (Wildman–Crippen LogP) is 2.40. The second-order valence-electron chi connectivity index (χ2n) is 2.56. The molecule has 0 aliphatic carbocycles. The van der Waals surface area contributed by atoms with Gasteiger partial charge in [0.25, 0.3) is 0 Å². The molecule has 3 nitrogen and oxygen atoms in total. The lowest BCUT2D eigenvalue weighted by Gasteiger charge is -2.06. The van der Waals surface area contributed by atoms with Crippen LogP contribution in [0.25, 0.3) is 5.78 Å². The SMILES string of the molecule is FC(F)(F)c1cc(Cl)n2ccnc2n1. The van der Waals surface area contributed by atoms with E-state index in [1.54, 1.807) is 0 Å². The zero-order valence-electron chi connectivity index (χ0n) is 6.59. The van der Waals surface area contributed by atoms with Gasteiger partial charge in [0, 0.05) is 18.5 Å². The van der Waals surface area contributed by atoms with Gasteiger partial charge in [-0.3, -0.25) is 4.40 Å². The zero-order chi connectivity index (χ0) is 10.3. The van der Waals surface area contributed by atoms with Gasteiger partial charge in [-0.05, 0) is 0 Å². The molecule has 0 aliphatic heterocycles. The van der Waals surface area contributed by atoms with E-state index in [2.05, 4.69) is 9.97 Å². The highest BCUT2D eigenvalue weighted by molar-refractivity contribution is 6.29. The minimum absolute atomic E-state index is 0.0650. The van der Waals surface area contributed by atoms with Gasteiger partial charge < -0.3 is 0 Å². The first kappa shape index (κ1) is 9.26. The summed E-state index contributed by atoms with van der Waals surface area (Å²) >= 11 is 5.59. The van der Waals surface area contributed by atoms with Gasteiger partial charge in [-0.1, -0.05) is 11.6 Å². The molecule has 0 spiro atoms. The Morgan fingerprint density at radius 2 is 2.07 bits per heavy atom. The maximum absolute atomic E-state index is 12.2. The third-order valence-electron chi connectivity index (χ3n) is 1.62. The Kier molecular flexibility index (Phi) is 1.88. The van der Waals surface area contributed by atoms with E-state index in [1.807, 2.05) is 0 Å². The van der Waals surface area contributed by atoms with Gasteiger partial charge in [0.05, 0.1) is 0 Å². The van der Waals surface area contributed by atoms with Crippen molar-refractivity contribution in [2.24, 2.45) is 0 Å². The van der Waals surface area contributed by atoms with Crippen LogP contribution in [0.15, 0.2) is 18.5 Å². The molecule has 0 amide bonds. The fraction of sp³-hybridized carbons (Fsp3) is 0.143. The van der Waals surface area contributed by atoms with E-state index in [1.165, 1.54) is 16.8 Å². The standard InChI is InChI=1S/C7H3ClF3N3/c8-5-3-4(7(9,10)11)13-6-12-1-2-14(5)6/h1-3H. The van der Waals surface area contributed by atoms with E-state index in [-0.39, 0.29) is 10.9 Å².